The monoisotopic (exact) mass is 347 g/mol. The fourth-order valence-corrected chi connectivity index (χ4v) is 3.73. The maximum Gasteiger partial charge on any atom is 0.319 e. The number of benzene rings is 1. The van der Waals surface area contributed by atoms with E-state index in [1.165, 1.54) is 0 Å². The van der Waals surface area contributed by atoms with Crippen LogP contribution in [0.15, 0.2) is 18.2 Å². The number of methoxy groups -OCH3 is 1. The Morgan fingerprint density at radius 2 is 2.12 bits per heavy atom. The van der Waals surface area contributed by atoms with Crippen molar-refractivity contribution in [2.75, 3.05) is 45.3 Å². The molecule has 0 saturated carbocycles. The van der Waals surface area contributed by atoms with Crippen molar-refractivity contribution in [3.63, 3.8) is 0 Å². The highest BCUT2D eigenvalue weighted by atomic mass is 16.5. The van der Waals surface area contributed by atoms with Crippen LogP contribution in [0.2, 0.25) is 0 Å². The number of carbonyl (C=O) groups is 1. The Morgan fingerprint density at radius 3 is 2.88 bits per heavy atom. The molecule has 2 aliphatic heterocycles. The molecule has 0 spiro atoms. The summed E-state index contributed by atoms with van der Waals surface area (Å²) in [5, 5.41) is 5.91. The van der Waals surface area contributed by atoms with E-state index < -0.39 is 0 Å². The van der Waals surface area contributed by atoms with Gasteiger partial charge in [-0.3, -0.25) is 4.90 Å². The number of nitrogens with zero attached hydrogens (tertiary/aromatic N) is 1. The summed E-state index contributed by atoms with van der Waals surface area (Å²) in [5.74, 6) is 1.19. The summed E-state index contributed by atoms with van der Waals surface area (Å²) < 4.78 is 10.7. The highest BCUT2D eigenvalue weighted by Crippen LogP contribution is 2.25. The minimum Gasteiger partial charge on any atom is -0.495 e. The first-order valence-corrected chi connectivity index (χ1v) is 9.17. The van der Waals surface area contributed by atoms with Crippen LogP contribution in [-0.2, 0) is 4.74 Å². The van der Waals surface area contributed by atoms with E-state index in [9.17, 15) is 4.79 Å². The minimum absolute atomic E-state index is 0.173. The number of carbonyl (C=O) groups excluding carboxylic acids is 1. The summed E-state index contributed by atoms with van der Waals surface area (Å²) in [6, 6.07) is 6.23. The van der Waals surface area contributed by atoms with E-state index in [1.54, 1.807) is 7.11 Å². The maximum absolute atomic E-state index is 12.2. The van der Waals surface area contributed by atoms with Gasteiger partial charge in [0.15, 0.2) is 0 Å². The number of amides is 2. The smallest absolute Gasteiger partial charge is 0.319 e. The minimum atomic E-state index is -0.173. The molecule has 2 heterocycles. The molecule has 0 aliphatic carbocycles. The zero-order valence-electron chi connectivity index (χ0n) is 15.2. The fourth-order valence-electron chi connectivity index (χ4n) is 3.73. The SMILES string of the molecule is COc1ccc(C)cc1NC(=O)NC[C@H]1CCN(C2CCOCC2)C1. The molecule has 1 atom stereocenters. The number of hydrogen-bond donors (Lipinski definition) is 2. The molecule has 0 unspecified atom stereocenters. The standard InChI is InChI=1S/C19H29N3O3/c1-14-3-4-18(24-2)17(11-14)21-19(23)20-12-15-5-8-22(13-15)16-6-9-25-10-7-16/h3-4,11,15-16H,5-10,12-13H2,1-2H3,(H2,20,21,23)/t15-/m1/s1. The molecule has 0 aromatic heterocycles. The molecule has 1 aromatic rings. The van der Waals surface area contributed by atoms with E-state index in [2.05, 4.69) is 15.5 Å². The third kappa shape index (κ3) is 4.86. The maximum atomic E-state index is 12.2. The van der Waals surface area contributed by atoms with Crippen LogP contribution in [0.25, 0.3) is 0 Å². The Kier molecular flexibility index (Phi) is 6.15. The fraction of sp³-hybridized carbons (Fsp3) is 0.632. The number of aryl methyl sites for hydroxylation is 1. The van der Waals surface area contributed by atoms with Gasteiger partial charge in [-0.2, -0.15) is 0 Å². The van der Waals surface area contributed by atoms with Gasteiger partial charge in [0, 0.05) is 32.3 Å². The Balaban J connectivity index is 1.44. The van der Waals surface area contributed by atoms with E-state index >= 15 is 0 Å². The van der Waals surface area contributed by atoms with Gasteiger partial charge >= 0.3 is 6.03 Å². The zero-order chi connectivity index (χ0) is 17.6. The summed E-state index contributed by atoms with van der Waals surface area (Å²) in [6.45, 7) is 6.66. The second-order valence-corrected chi connectivity index (χ2v) is 7.03. The number of ether oxygens (including phenoxy) is 2. The molecule has 25 heavy (non-hydrogen) atoms. The highest BCUT2D eigenvalue weighted by Gasteiger charge is 2.29. The van der Waals surface area contributed by atoms with Crippen LogP contribution >= 0.6 is 0 Å². The molecule has 2 aliphatic rings. The molecule has 2 saturated heterocycles. The number of nitrogens with one attached hydrogen (secondary N) is 2. The topological polar surface area (TPSA) is 62.8 Å². The molecular formula is C19H29N3O3. The summed E-state index contributed by atoms with van der Waals surface area (Å²) in [7, 11) is 1.61. The average molecular weight is 347 g/mol. The van der Waals surface area contributed by atoms with Gasteiger partial charge in [0.25, 0.3) is 0 Å². The Labute approximate surface area is 149 Å². The zero-order valence-corrected chi connectivity index (χ0v) is 15.2. The van der Waals surface area contributed by atoms with Gasteiger partial charge in [-0.15, -0.1) is 0 Å². The third-order valence-corrected chi connectivity index (χ3v) is 5.18. The molecule has 1 aromatic carbocycles. The van der Waals surface area contributed by atoms with Crippen LogP contribution in [0.5, 0.6) is 5.75 Å². The largest absolute Gasteiger partial charge is 0.495 e. The van der Waals surface area contributed by atoms with Crippen LogP contribution in [0.3, 0.4) is 0 Å². The van der Waals surface area contributed by atoms with Gasteiger partial charge in [0.05, 0.1) is 12.8 Å². The van der Waals surface area contributed by atoms with Crippen molar-refractivity contribution < 1.29 is 14.3 Å². The summed E-state index contributed by atoms with van der Waals surface area (Å²) >= 11 is 0. The van der Waals surface area contributed by atoms with Gasteiger partial charge in [0.1, 0.15) is 5.75 Å². The molecule has 6 heteroatoms. The van der Waals surface area contributed by atoms with E-state index in [0.29, 0.717) is 29.9 Å². The van der Waals surface area contributed by atoms with Crippen LogP contribution in [-0.4, -0.2) is 56.9 Å². The molecular weight excluding hydrogens is 318 g/mol. The highest BCUT2D eigenvalue weighted by molar-refractivity contribution is 5.91. The van der Waals surface area contributed by atoms with E-state index in [4.69, 9.17) is 9.47 Å². The second kappa shape index (κ2) is 8.54. The number of urea groups is 1. The van der Waals surface area contributed by atoms with Gasteiger partial charge in [-0.1, -0.05) is 6.07 Å². The van der Waals surface area contributed by atoms with Crippen molar-refractivity contribution in [2.24, 2.45) is 5.92 Å². The van der Waals surface area contributed by atoms with E-state index in [1.807, 2.05) is 25.1 Å². The summed E-state index contributed by atoms with van der Waals surface area (Å²) in [5.41, 5.74) is 1.79. The molecule has 0 bridgehead atoms. The first kappa shape index (κ1) is 18.0. The van der Waals surface area contributed by atoms with Crippen molar-refractivity contribution in [1.82, 2.24) is 10.2 Å². The number of anilines is 1. The van der Waals surface area contributed by atoms with E-state index in [0.717, 1.165) is 51.1 Å². The van der Waals surface area contributed by atoms with Crippen molar-refractivity contribution in [3.05, 3.63) is 23.8 Å². The second-order valence-electron chi connectivity index (χ2n) is 7.03. The van der Waals surface area contributed by atoms with Gasteiger partial charge in [-0.25, -0.2) is 4.79 Å². The Morgan fingerprint density at radius 1 is 1.32 bits per heavy atom. The van der Waals surface area contributed by atoms with Crippen molar-refractivity contribution in [3.8, 4) is 5.75 Å². The Bertz CT molecular complexity index is 587. The quantitative estimate of drug-likeness (QED) is 0.859. The summed E-state index contributed by atoms with van der Waals surface area (Å²) in [6.07, 6.45) is 3.41. The van der Waals surface area contributed by atoms with E-state index in [-0.39, 0.29) is 6.03 Å². The average Bonchev–Trinajstić information content (AvgIpc) is 3.10. The molecule has 3 rings (SSSR count). The number of hydrogen-bond acceptors (Lipinski definition) is 4. The lowest BCUT2D eigenvalue weighted by Crippen LogP contribution is -2.39. The third-order valence-electron chi connectivity index (χ3n) is 5.18. The van der Waals surface area contributed by atoms with Crippen LogP contribution < -0.4 is 15.4 Å². The van der Waals surface area contributed by atoms with Crippen LogP contribution in [0.4, 0.5) is 10.5 Å². The lowest BCUT2D eigenvalue weighted by molar-refractivity contribution is 0.0412. The van der Waals surface area contributed by atoms with Gasteiger partial charge in [-0.05, 0) is 56.3 Å². The van der Waals surface area contributed by atoms with Crippen molar-refractivity contribution >= 4 is 11.7 Å². The van der Waals surface area contributed by atoms with Crippen LogP contribution in [0.1, 0.15) is 24.8 Å². The normalized spacial score (nSPS) is 21.9. The first-order chi connectivity index (χ1) is 12.2. The molecule has 6 nitrogen and oxygen atoms in total. The van der Waals surface area contributed by atoms with Gasteiger partial charge < -0.3 is 20.1 Å². The first-order valence-electron chi connectivity index (χ1n) is 9.17. The summed E-state index contributed by atoms with van der Waals surface area (Å²) in [4.78, 5) is 14.8. The number of rotatable bonds is 5. The van der Waals surface area contributed by atoms with Crippen molar-refractivity contribution in [2.45, 2.75) is 32.2 Å². The molecule has 138 valence electrons. The molecule has 2 fully saturated rings. The number of likely N-dealkylation sites (tertiary alicyclic amines) is 1. The lowest BCUT2D eigenvalue weighted by atomic mass is 10.1. The van der Waals surface area contributed by atoms with Crippen LogP contribution in [0, 0.1) is 12.8 Å². The van der Waals surface area contributed by atoms with Gasteiger partial charge in [0.2, 0.25) is 0 Å². The predicted octanol–water partition coefficient (Wildman–Crippen LogP) is 2.63. The molecule has 2 N–H and O–H groups in total. The predicted molar refractivity (Wildman–Crippen MR) is 98.3 cm³/mol. The Hall–Kier alpha value is -1.79. The molecule has 2 amide bonds. The molecule has 0 radical (unpaired) electrons. The van der Waals surface area contributed by atoms with Crippen molar-refractivity contribution in [1.29, 1.82) is 0 Å². The lowest BCUT2D eigenvalue weighted by Gasteiger charge is -2.31.